The van der Waals surface area contributed by atoms with Crippen molar-refractivity contribution in [3.8, 4) is 6.07 Å². The lowest BCUT2D eigenvalue weighted by Crippen LogP contribution is -1.90. The number of rotatable bonds is 4. The zero-order chi connectivity index (χ0) is 12.0. The molecule has 1 aromatic carbocycles. The number of unbranched alkanes of at least 4 members (excludes halogenated alkanes) is 1. The van der Waals surface area contributed by atoms with Crippen molar-refractivity contribution in [3.63, 3.8) is 0 Å². The van der Waals surface area contributed by atoms with Gasteiger partial charge in [-0.2, -0.15) is 5.26 Å². The van der Waals surface area contributed by atoms with Crippen LogP contribution in [0.3, 0.4) is 0 Å². The summed E-state index contributed by atoms with van der Waals surface area (Å²) in [5.41, 5.74) is 7.18. The standard InChI is InChI=1S/C15H17N/c1-4-6-7-14(5-2)15-9-8-13(11-16)10-12(15)3/h8-10H,2,4,6-7H2,1,3H3. The highest BCUT2D eigenvalue weighted by atomic mass is 14.2. The highest BCUT2D eigenvalue weighted by molar-refractivity contribution is 5.68. The van der Waals surface area contributed by atoms with Crippen molar-refractivity contribution in [2.24, 2.45) is 0 Å². The predicted molar refractivity (Wildman–Crippen MR) is 68.0 cm³/mol. The van der Waals surface area contributed by atoms with Gasteiger partial charge in [0.15, 0.2) is 0 Å². The largest absolute Gasteiger partial charge is 0.192 e. The fourth-order valence-corrected chi connectivity index (χ4v) is 1.74. The van der Waals surface area contributed by atoms with Crippen molar-refractivity contribution in [2.75, 3.05) is 0 Å². The van der Waals surface area contributed by atoms with E-state index in [0.29, 0.717) is 5.56 Å². The average Bonchev–Trinajstić information content (AvgIpc) is 2.31. The second-order valence-electron chi connectivity index (χ2n) is 3.90. The fourth-order valence-electron chi connectivity index (χ4n) is 1.74. The van der Waals surface area contributed by atoms with Gasteiger partial charge in [-0.25, -0.2) is 0 Å². The van der Waals surface area contributed by atoms with E-state index in [4.69, 9.17) is 5.26 Å². The summed E-state index contributed by atoms with van der Waals surface area (Å²) in [6.07, 6.45) is 3.32. The zero-order valence-electron chi connectivity index (χ0n) is 10.0. The summed E-state index contributed by atoms with van der Waals surface area (Å²) in [4.78, 5) is 0. The van der Waals surface area contributed by atoms with E-state index in [1.807, 2.05) is 25.1 Å². The van der Waals surface area contributed by atoms with Crippen LogP contribution in [0.15, 0.2) is 30.5 Å². The maximum Gasteiger partial charge on any atom is 0.0991 e. The van der Waals surface area contributed by atoms with Gasteiger partial charge in [-0.1, -0.05) is 26.0 Å². The minimum absolute atomic E-state index is 0.708. The van der Waals surface area contributed by atoms with Gasteiger partial charge in [0, 0.05) is 5.57 Å². The van der Waals surface area contributed by atoms with E-state index < -0.39 is 0 Å². The summed E-state index contributed by atoms with van der Waals surface area (Å²) in [5.74, 6) is 0. The van der Waals surface area contributed by atoms with Crippen LogP contribution in [0.2, 0.25) is 0 Å². The molecule has 0 saturated heterocycles. The Morgan fingerprint density at radius 3 is 2.69 bits per heavy atom. The molecule has 0 saturated carbocycles. The molecule has 0 bridgehead atoms. The smallest absolute Gasteiger partial charge is 0.0991 e. The number of hydrogen-bond acceptors (Lipinski definition) is 1. The topological polar surface area (TPSA) is 23.8 Å². The summed E-state index contributed by atoms with van der Waals surface area (Å²) < 4.78 is 0. The molecule has 0 amide bonds. The molecule has 0 aliphatic rings. The van der Waals surface area contributed by atoms with E-state index in [-0.39, 0.29) is 0 Å². The Hall–Kier alpha value is -1.77. The average molecular weight is 211 g/mol. The lowest BCUT2D eigenvalue weighted by Gasteiger charge is -2.08. The van der Waals surface area contributed by atoms with Gasteiger partial charge < -0.3 is 0 Å². The molecule has 0 aromatic heterocycles. The Balaban J connectivity index is 3.04. The van der Waals surface area contributed by atoms with Gasteiger partial charge in [0.25, 0.3) is 0 Å². The predicted octanol–water partition coefficient (Wildman–Crippen LogP) is 4.23. The molecule has 0 heterocycles. The van der Waals surface area contributed by atoms with Gasteiger partial charge >= 0.3 is 0 Å². The molecule has 0 radical (unpaired) electrons. The molecule has 0 atom stereocenters. The third kappa shape index (κ3) is 2.86. The molecule has 0 spiro atoms. The van der Waals surface area contributed by atoms with E-state index in [1.54, 1.807) is 0 Å². The third-order valence-corrected chi connectivity index (χ3v) is 2.67. The minimum Gasteiger partial charge on any atom is -0.192 e. The van der Waals surface area contributed by atoms with Crippen LogP contribution in [0.5, 0.6) is 0 Å². The van der Waals surface area contributed by atoms with Crippen molar-refractivity contribution in [1.82, 2.24) is 0 Å². The second kappa shape index (κ2) is 5.95. The van der Waals surface area contributed by atoms with E-state index in [9.17, 15) is 0 Å². The van der Waals surface area contributed by atoms with Crippen LogP contribution in [-0.2, 0) is 0 Å². The van der Waals surface area contributed by atoms with Crippen LogP contribution in [0.1, 0.15) is 42.9 Å². The first-order chi connectivity index (χ1) is 7.72. The molecule has 0 fully saturated rings. The van der Waals surface area contributed by atoms with Crippen LogP contribution in [0, 0.1) is 18.3 Å². The summed E-state index contributed by atoms with van der Waals surface area (Å²) >= 11 is 0. The zero-order valence-corrected chi connectivity index (χ0v) is 10.0. The third-order valence-electron chi connectivity index (χ3n) is 2.67. The molecule has 0 aliphatic carbocycles. The first-order valence-corrected chi connectivity index (χ1v) is 5.63. The van der Waals surface area contributed by atoms with E-state index in [2.05, 4.69) is 25.3 Å². The molecule has 82 valence electrons. The van der Waals surface area contributed by atoms with Crippen LogP contribution < -0.4 is 0 Å². The molecule has 16 heavy (non-hydrogen) atoms. The molecule has 1 nitrogen and oxygen atoms in total. The lowest BCUT2D eigenvalue weighted by atomic mass is 9.96. The number of nitrogens with zero attached hydrogens (tertiary/aromatic N) is 1. The summed E-state index contributed by atoms with van der Waals surface area (Å²) in [6.45, 7) is 7.95. The van der Waals surface area contributed by atoms with E-state index >= 15 is 0 Å². The first kappa shape index (κ1) is 12.3. The minimum atomic E-state index is 0.708. The van der Waals surface area contributed by atoms with Crippen LogP contribution in [-0.4, -0.2) is 0 Å². The molecule has 1 aromatic rings. The Morgan fingerprint density at radius 2 is 2.19 bits per heavy atom. The van der Waals surface area contributed by atoms with Crippen molar-refractivity contribution >= 4 is 5.57 Å². The summed E-state index contributed by atoms with van der Waals surface area (Å²) in [7, 11) is 0. The number of hydrogen-bond donors (Lipinski definition) is 0. The van der Waals surface area contributed by atoms with Crippen molar-refractivity contribution < 1.29 is 0 Å². The van der Waals surface area contributed by atoms with Crippen LogP contribution in [0.4, 0.5) is 0 Å². The Labute approximate surface area is 97.7 Å². The molecule has 0 N–H and O–H groups in total. The highest BCUT2D eigenvalue weighted by Crippen LogP contribution is 2.23. The van der Waals surface area contributed by atoms with Crippen LogP contribution in [0.25, 0.3) is 5.57 Å². The quantitative estimate of drug-likeness (QED) is 0.684. The molecular formula is C15H17N. The number of allylic oxidation sites excluding steroid dienone is 1. The molecule has 0 aliphatic heterocycles. The Bertz CT molecular complexity index is 457. The molecule has 0 unspecified atom stereocenters. The van der Waals surface area contributed by atoms with Gasteiger partial charge in [-0.05, 0) is 43.0 Å². The summed E-state index contributed by atoms with van der Waals surface area (Å²) in [5, 5.41) is 8.81. The number of aryl methyl sites for hydroxylation is 1. The van der Waals surface area contributed by atoms with E-state index in [1.165, 1.54) is 12.0 Å². The van der Waals surface area contributed by atoms with Crippen molar-refractivity contribution in [2.45, 2.75) is 33.1 Å². The maximum absolute atomic E-state index is 8.81. The van der Waals surface area contributed by atoms with Gasteiger partial charge in [0.05, 0.1) is 11.6 Å². The monoisotopic (exact) mass is 211 g/mol. The van der Waals surface area contributed by atoms with Crippen LogP contribution >= 0.6 is 0 Å². The Kier molecular flexibility index (Phi) is 4.58. The number of nitriles is 1. The fraction of sp³-hybridized carbons (Fsp3) is 0.333. The van der Waals surface area contributed by atoms with Gasteiger partial charge in [-0.15, -0.1) is 5.73 Å². The second-order valence-corrected chi connectivity index (χ2v) is 3.90. The number of benzene rings is 1. The SMILES string of the molecule is C=C=C(CCCC)c1ccc(C#N)cc1C. The van der Waals surface area contributed by atoms with Gasteiger partial charge in [0.1, 0.15) is 0 Å². The lowest BCUT2D eigenvalue weighted by molar-refractivity contribution is 0.824. The van der Waals surface area contributed by atoms with Gasteiger partial charge in [0.2, 0.25) is 0 Å². The first-order valence-electron chi connectivity index (χ1n) is 5.63. The summed E-state index contributed by atoms with van der Waals surface area (Å²) in [6, 6.07) is 7.92. The Morgan fingerprint density at radius 1 is 1.44 bits per heavy atom. The highest BCUT2D eigenvalue weighted by Gasteiger charge is 2.05. The van der Waals surface area contributed by atoms with Gasteiger partial charge in [-0.3, -0.25) is 0 Å². The maximum atomic E-state index is 8.81. The van der Waals surface area contributed by atoms with E-state index in [0.717, 1.165) is 24.0 Å². The van der Waals surface area contributed by atoms with Crippen molar-refractivity contribution in [1.29, 1.82) is 5.26 Å². The molecule has 1 rings (SSSR count). The normalized spacial score (nSPS) is 9.31. The molecular weight excluding hydrogens is 194 g/mol. The van der Waals surface area contributed by atoms with Crippen molar-refractivity contribution in [3.05, 3.63) is 47.2 Å². The molecule has 1 heteroatoms.